The summed E-state index contributed by atoms with van der Waals surface area (Å²) >= 11 is 0. The number of nitrogens with one attached hydrogen (secondary N) is 2. The van der Waals surface area contributed by atoms with Crippen molar-refractivity contribution in [2.24, 2.45) is 0 Å². The summed E-state index contributed by atoms with van der Waals surface area (Å²) in [4.78, 5) is 23.4. The summed E-state index contributed by atoms with van der Waals surface area (Å²) < 4.78 is 37.5. The predicted molar refractivity (Wildman–Crippen MR) is 89.1 cm³/mol. The van der Waals surface area contributed by atoms with Crippen molar-refractivity contribution in [3.63, 3.8) is 0 Å². The largest absolute Gasteiger partial charge is 0.416 e. The first-order chi connectivity index (χ1) is 11.8. The third kappa shape index (κ3) is 5.63. The number of halogens is 3. The Labute approximate surface area is 143 Å². The molecule has 0 saturated heterocycles. The zero-order chi connectivity index (χ0) is 18.4. The van der Waals surface area contributed by atoms with Gasteiger partial charge in [-0.3, -0.25) is 9.59 Å². The second-order valence-electron chi connectivity index (χ2n) is 5.40. The molecule has 0 atom stereocenters. The van der Waals surface area contributed by atoms with Gasteiger partial charge in [0.05, 0.1) is 12.0 Å². The number of hydrogen-bond donors (Lipinski definition) is 2. The van der Waals surface area contributed by atoms with Gasteiger partial charge in [0.25, 0.3) is 0 Å². The van der Waals surface area contributed by atoms with Gasteiger partial charge >= 0.3 is 6.18 Å². The maximum atomic E-state index is 12.5. The van der Waals surface area contributed by atoms with Crippen LogP contribution < -0.4 is 10.6 Å². The molecule has 7 heteroatoms. The lowest BCUT2D eigenvalue weighted by atomic mass is 10.1. The molecular weight excluding hydrogens is 333 g/mol. The monoisotopic (exact) mass is 350 g/mol. The van der Waals surface area contributed by atoms with E-state index < -0.39 is 11.7 Å². The van der Waals surface area contributed by atoms with Crippen LogP contribution in [0.1, 0.15) is 24.5 Å². The molecule has 2 amide bonds. The predicted octanol–water partition coefficient (Wildman–Crippen LogP) is 4.24. The fraction of sp³-hybridized carbons (Fsp3) is 0.222. The summed E-state index contributed by atoms with van der Waals surface area (Å²) in [5.41, 5.74) is 0.766. The fourth-order valence-electron chi connectivity index (χ4n) is 2.13. The van der Waals surface area contributed by atoms with Crippen molar-refractivity contribution in [1.82, 2.24) is 0 Å². The molecule has 4 nitrogen and oxygen atoms in total. The Kier molecular flexibility index (Phi) is 5.80. The highest BCUT2D eigenvalue weighted by atomic mass is 19.4. The molecule has 0 unspecified atom stereocenters. The van der Waals surface area contributed by atoms with Gasteiger partial charge in [0.1, 0.15) is 0 Å². The van der Waals surface area contributed by atoms with Crippen LogP contribution in [-0.2, 0) is 22.2 Å². The van der Waals surface area contributed by atoms with Gasteiger partial charge in [-0.05, 0) is 35.9 Å². The van der Waals surface area contributed by atoms with Crippen LogP contribution in [0.2, 0.25) is 0 Å². The highest BCUT2D eigenvalue weighted by molar-refractivity contribution is 5.94. The summed E-state index contributed by atoms with van der Waals surface area (Å²) in [5, 5.41) is 5.33. The molecule has 132 valence electrons. The van der Waals surface area contributed by atoms with Crippen molar-refractivity contribution in [2.45, 2.75) is 25.9 Å². The van der Waals surface area contributed by atoms with Crippen LogP contribution in [-0.4, -0.2) is 11.8 Å². The Hall–Kier alpha value is -2.83. The van der Waals surface area contributed by atoms with Crippen LogP contribution in [0.15, 0.2) is 48.5 Å². The third-order valence-corrected chi connectivity index (χ3v) is 3.40. The molecular formula is C18H17F3N2O2. The molecule has 0 bridgehead atoms. The number of alkyl halides is 3. The molecule has 25 heavy (non-hydrogen) atoms. The number of amides is 2. The van der Waals surface area contributed by atoms with Gasteiger partial charge in [-0.1, -0.05) is 25.1 Å². The molecule has 2 N–H and O–H groups in total. The first-order valence-corrected chi connectivity index (χ1v) is 7.64. The van der Waals surface area contributed by atoms with Crippen LogP contribution in [0.4, 0.5) is 24.5 Å². The molecule has 0 spiro atoms. The van der Waals surface area contributed by atoms with Crippen molar-refractivity contribution >= 4 is 23.2 Å². The molecule has 0 saturated carbocycles. The lowest BCUT2D eigenvalue weighted by molar-refractivity contribution is -0.137. The van der Waals surface area contributed by atoms with Crippen LogP contribution in [0.3, 0.4) is 0 Å². The number of carbonyl (C=O) groups excluding carboxylic acids is 2. The van der Waals surface area contributed by atoms with E-state index >= 15 is 0 Å². The Bertz CT molecular complexity index is 756. The van der Waals surface area contributed by atoms with E-state index in [4.69, 9.17) is 0 Å². The topological polar surface area (TPSA) is 58.2 Å². The van der Waals surface area contributed by atoms with Gasteiger partial charge < -0.3 is 10.6 Å². The van der Waals surface area contributed by atoms with E-state index in [9.17, 15) is 22.8 Å². The van der Waals surface area contributed by atoms with E-state index in [0.717, 1.165) is 12.1 Å². The lowest BCUT2D eigenvalue weighted by Gasteiger charge is -2.09. The minimum absolute atomic E-state index is 0.0519. The number of benzene rings is 2. The Morgan fingerprint density at radius 3 is 2.00 bits per heavy atom. The highest BCUT2D eigenvalue weighted by Gasteiger charge is 2.29. The minimum atomic E-state index is -4.40. The van der Waals surface area contributed by atoms with Crippen LogP contribution in [0.25, 0.3) is 0 Å². The van der Waals surface area contributed by atoms with Gasteiger partial charge in [0.15, 0.2) is 0 Å². The van der Waals surface area contributed by atoms with E-state index in [2.05, 4.69) is 10.6 Å². The van der Waals surface area contributed by atoms with Crippen LogP contribution in [0, 0.1) is 0 Å². The van der Waals surface area contributed by atoms with Gasteiger partial charge in [-0.15, -0.1) is 0 Å². The van der Waals surface area contributed by atoms with Crippen LogP contribution in [0.5, 0.6) is 0 Å². The Balaban J connectivity index is 1.98. The number of rotatable bonds is 5. The SMILES string of the molecule is CCC(=O)Nc1cccc(NC(=O)Cc2ccc(C(F)(F)F)cc2)c1. The fourth-order valence-corrected chi connectivity index (χ4v) is 2.13. The average molecular weight is 350 g/mol. The van der Waals surface area contributed by atoms with E-state index in [-0.39, 0.29) is 18.2 Å². The van der Waals surface area contributed by atoms with Gasteiger partial charge in [0.2, 0.25) is 11.8 Å². The zero-order valence-electron chi connectivity index (χ0n) is 13.5. The van der Waals surface area contributed by atoms with E-state index in [0.29, 0.717) is 23.4 Å². The summed E-state index contributed by atoms with van der Waals surface area (Å²) in [5.74, 6) is -0.507. The van der Waals surface area contributed by atoms with E-state index in [1.54, 1.807) is 31.2 Å². The first-order valence-electron chi connectivity index (χ1n) is 7.64. The summed E-state index contributed by atoms with van der Waals surface area (Å²) in [6.45, 7) is 1.73. The maximum Gasteiger partial charge on any atom is 0.416 e. The smallest absolute Gasteiger partial charge is 0.326 e. The van der Waals surface area contributed by atoms with E-state index in [1.807, 2.05) is 0 Å². The van der Waals surface area contributed by atoms with Crippen molar-refractivity contribution in [2.75, 3.05) is 10.6 Å². The first kappa shape index (κ1) is 18.5. The molecule has 2 rings (SSSR count). The second kappa shape index (κ2) is 7.83. The maximum absolute atomic E-state index is 12.5. The van der Waals surface area contributed by atoms with Crippen molar-refractivity contribution in [3.8, 4) is 0 Å². The van der Waals surface area contributed by atoms with Gasteiger partial charge in [-0.25, -0.2) is 0 Å². The van der Waals surface area contributed by atoms with Crippen molar-refractivity contribution in [3.05, 3.63) is 59.7 Å². The zero-order valence-corrected chi connectivity index (χ0v) is 13.5. The number of carbonyl (C=O) groups is 2. The Morgan fingerprint density at radius 1 is 0.920 bits per heavy atom. The number of hydrogen-bond acceptors (Lipinski definition) is 2. The molecule has 0 heterocycles. The Morgan fingerprint density at radius 2 is 1.48 bits per heavy atom. The molecule has 0 radical (unpaired) electrons. The normalized spacial score (nSPS) is 11.0. The van der Waals surface area contributed by atoms with Gasteiger partial charge in [0, 0.05) is 17.8 Å². The molecule has 0 aliphatic heterocycles. The van der Waals surface area contributed by atoms with Crippen molar-refractivity contribution < 1.29 is 22.8 Å². The minimum Gasteiger partial charge on any atom is -0.326 e. The third-order valence-electron chi connectivity index (χ3n) is 3.40. The summed E-state index contributed by atoms with van der Waals surface area (Å²) in [6, 6.07) is 11.1. The summed E-state index contributed by atoms with van der Waals surface area (Å²) in [6.07, 6.45) is -4.11. The van der Waals surface area contributed by atoms with Crippen LogP contribution >= 0.6 is 0 Å². The van der Waals surface area contributed by atoms with E-state index in [1.165, 1.54) is 12.1 Å². The number of anilines is 2. The quantitative estimate of drug-likeness (QED) is 0.848. The molecule has 2 aromatic rings. The van der Waals surface area contributed by atoms with Crippen molar-refractivity contribution in [1.29, 1.82) is 0 Å². The standard InChI is InChI=1S/C18H17F3N2O2/c1-2-16(24)22-14-4-3-5-15(11-14)23-17(25)10-12-6-8-13(9-7-12)18(19,20)21/h3-9,11H,2,10H2,1H3,(H,22,24)(H,23,25). The molecule has 2 aromatic carbocycles. The van der Waals surface area contributed by atoms with Gasteiger partial charge in [-0.2, -0.15) is 13.2 Å². The molecule has 0 aromatic heterocycles. The molecule has 0 fully saturated rings. The highest BCUT2D eigenvalue weighted by Crippen LogP contribution is 2.29. The lowest BCUT2D eigenvalue weighted by Crippen LogP contribution is -2.15. The molecule has 0 aliphatic rings. The summed E-state index contributed by atoms with van der Waals surface area (Å²) in [7, 11) is 0. The second-order valence-corrected chi connectivity index (χ2v) is 5.40. The molecule has 0 aliphatic carbocycles. The average Bonchev–Trinajstić information content (AvgIpc) is 2.54.